The van der Waals surface area contributed by atoms with Crippen LogP contribution in [0.15, 0.2) is 60.1 Å². The van der Waals surface area contributed by atoms with Crippen LogP contribution < -0.4 is 5.32 Å². The number of thiophene rings is 1. The predicted octanol–water partition coefficient (Wildman–Crippen LogP) is 4.50. The molecule has 0 unspecified atom stereocenters. The van der Waals surface area contributed by atoms with Crippen LogP contribution in [0, 0.1) is 6.92 Å². The van der Waals surface area contributed by atoms with Crippen LogP contribution in [0.25, 0.3) is 27.1 Å². The Morgan fingerprint density at radius 1 is 1.17 bits per heavy atom. The summed E-state index contributed by atoms with van der Waals surface area (Å²) >= 11 is 1.70. The maximum Gasteiger partial charge on any atom is 0.220 e. The molecule has 7 heteroatoms. The molecule has 0 spiro atoms. The van der Waals surface area contributed by atoms with Gasteiger partial charge in [-0.1, -0.05) is 23.8 Å². The molecule has 0 atom stereocenters. The Morgan fingerprint density at radius 2 is 2.10 bits per heavy atom. The Kier molecular flexibility index (Phi) is 4.80. The molecular weight excluding hydrogens is 394 g/mol. The second-order valence-corrected chi connectivity index (χ2v) is 8.27. The molecule has 4 heterocycles. The molecule has 4 aromatic heterocycles. The lowest BCUT2D eigenvalue weighted by Crippen LogP contribution is -2.24. The number of hydrogen-bond donors (Lipinski definition) is 2. The fraction of sp³-hybridized carbons (Fsp3) is 0.174. The summed E-state index contributed by atoms with van der Waals surface area (Å²) in [7, 11) is 0. The summed E-state index contributed by atoms with van der Waals surface area (Å²) in [5, 5.41) is 14.5. The van der Waals surface area contributed by atoms with Gasteiger partial charge >= 0.3 is 0 Å². The molecule has 5 aromatic rings. The lowest BCUT2D eigenvalue weighted by atomic mass is 10.0. The van der Waals surface area contributed by atoms with Crippen molar-refractivity contribution in [2.24, 2.45) is 0 Å². The Bertz CT molecular complexity index is 1330. The zero-order chi connectivity index (χ0) is 20.5. The van der Waals surface area contributed by atoms with Crippen molar-refractivity contribution in [3.8, 4) is 10.6 Å². The van der Waals surface area contributed by atoms with Gasteiger partial charge in [0.05, 0.1) is 17.1 Å². The minimum absolute atomic E-state index is 0.00168. The maximum atomic E-state index is 12.6. The minimum atomic E-state index is 0.00168. The number of carbonyl (C=O) groups excluding carboxylic acids is 1. The summed E-state index contributed by atoms with van der Waals surface area (Å²) in [6, 6.07) is 16.3. The molecule has 0 bridgehead atoms. The molecule has 0 aliphatic heterocycles. The topological polar surface area (TPSA) is 75.1 Å². The van der Waals surface area contributed by atoms with E-state index in [-0.39, 0.29) is 5.91 Å². The van der Waals surface area contributed by atoms with Gasteiger partial charge in [-0.05, 0) is 54.6 Å². The zero-order valence-corrected chi connectivity index (χ0v) is 17.4. The highest BCUT2D eigenvalue weighted by molar-refractivity contribution is 7.13. The average Bonchev–Trinajstić information content (AvgIpc) is 3.49. The molecule has 5 rings (SSSR count). The van der Waals surface area contributed by atoms with E-state index in [1.807, 2.05) is 28.8 Å². The lowest BCUT2D eigenvalue weighted by Gasteiger charge is -2.06. The number of hydrogen-bond acceptors (Lipinski definition) is 4. The molecule has 1 amide bonds. The van der Waals surface area contributed by atoms with Gasteiger partial charge < -0.3 is 10.3 Å². The molecule has 0 radical (unpaired) electrons. The SMILES string of the molecule is Cc1ccc2[nH]c(-c3cccs3)c(CCC(=O)NCc3nnc4ccccn34)c2c1. The molecule has 2 N–H and O–H groups in total. The van der Waals surface area contributed by atoms with Crippen molar-refractivity contribution in [2.45, 2.75) is 26.3 Å². The Labute approximate surface area is 177 Å². The Hall–Kier alpha value is -3.45. The molecule has 150 valence electrons. The summed E-state index contributed by atoms with van der Waals surface area (Å²) < 4.78 is 1.89. The Balaban J connectivity index is 1.33. The second kappa shape index (κ2) is 7.76. The number of pyridine rings is 1. The smallest absolute Gasteiger partial charge is 0.220 e. The van der Waals surface area contributed by atoms with E-state index in [4.69, 9.17) is 0 Å². The molecule has 6 nitrogen and oxygen atoms in total. The molecule has 0 fully saturated rings. The van der Waals surface area contributed by atoms with Crippen molar-refractivity contribution >= 4 is 33.8 Å². The van der Waals surface area contributed by atoms with Crippen LogP contribution in [-0.4, -0.2) is 25.5 Å². The van der Waals surface area contributed by atoms with Gasteiger partial charge in [-0.2, -0.15) is 0 Å². The zero-order valence-electron chi connectivity index (χ0n) is 16.6. The van der Waals surface area contributed by atoms with Crippen molar-refractivity contribution in [1.29, 1.82) is 0 Å². The summed E-state index contributed by atoms with van der Waals surface area (Å²) in [4.78, 5) is 17.3. The van der Waals surface area contributed by atoms with Crippen LogP contribution in [-0.2, 0) is 17.8 Å². The van der Waals surface area contributed by atoms with Gasteiger partial charge in [0.1, 0.15) is 0 Å². The van der Waals surface area contributed by atoms with Gasteiger partial charge in [0.25, 0.3) is 0 Å². The summed E-state index contributed by atoms with van der Waals surface area (Å²) in [5.74, 6) is 0.725. The van der Waals surface area contributed by atoms with E-state index in [0.29, 0.717) is 19.4 Å². The second-order valence-electron chi connectivity index (χ2n) is 7.33. The van der Waals surface area contributed by atoms with Gasteiger partial charge in [-0.3, -0.25) is 9.20 Å². The molecule has 30 heavy (non-hydrogen) atoms. The fourth-order valence-corrected chi connectivity index (χ4v) is 4.52. The van der Waals surface area contributed by atoms with Gasteiger partial charge in [0, 0.05) is 23.5 Å². The number of nitrogens with zero attached hydrogens (tertiary/aromatic N) is 3. The summed E-state index contributed by atoms with van der Waals surface area (Å²) in [6.45, 7) is 2.45. The fourth-order valence-electron chi connectivity index (χ4n) is 3.77. The van der Waals surface area contributed by atoms with Crippen LogP contribution >= 0.6 is 11.3 Å². The van der Waals surface area contributed by atoms with E-state index in [2.05, 4.69) is 63.1 Å². The highest BCUT2D eigenvalue weighted by atomic mass is 32.1. The predicted molar refractivity (Wildman–Crippen MR) is 120 cm³/mol. The first-order valence-corrected chi connectivity index (χ1v) is 10.8. The quantitative estimate of drug-likeness (QED) is 0.429. The molecule has 0 aliphatic rings. The molecular formula is C23H21N5OS. The molecule has 1 aromatic carbocycles. The number of benzene rings is 1. The first-order chi connectivity index (χ1) is 14.7. The van der Waals surface area contributed by atoms with Crippen LogP contribution in [0.3, 0.4) is 0 Å². The van der Waals surface area contributed by atoms with E-state index < -0.39 is 0 Å². The summed E-state index contributed by atoms with van der Waals surface area (Å²) in [6.07, 6.45) is 2.98. The van der Waals surface area contributed by atoms with Crippen LogP contribution in [0.4, 0.5) is 0 Å². The van der Waals surface area contributed by atoms with Crippen molar-refractivity contribution in [2.75, 3.05) is 0 Å². The number of amides is 1. The van der Waals surface area contributed by atoms with Crippen molar-refractivity contribution in [3.05, 3.63) is 77.1 Å². The first-order valence-electron chi connectivity index (χ1n) is 9.89. The third-order valence-electron chi connectivity index (χ3n) is 5.26. The third-order valence-corrected chi connectivity index (χ3v) is 6.15. The van der Waals surface area contributed by atoms with Crippen molar-refractivity contribution < 1.29 is 4.79 Å². The normalized spacial score (nSPS) is 11.4. The number of carbonyl (C=O) groups is 1. The van der Waals surface area contributed by atoms with Crippen LogP contribution in [0.2, 0.25) is 0 Å². The molecule has 0 saturated carbocycles. The van der Waals surface area contributed by atoms with Gasteiger partial charge in [0.15, 0.2) is 11.5 Å². The number of fused-ring (bicyclic) bond motifs is 2. The highest BCUT2D eigenvalue weighted by Crippen LogP contribution is 2.34. The molecule has 0 saturated heterocycles. The van der Waals surface area contributed by atoms with E-state index in [1.165, 1.54) is 21.4 Å². The van der Waals surface area contributed by atoms with Crippen LogP contribution in [0.5, 0.6) is 0 Å². The van der Waals surface area contributed by atoms with Gasteiger partial charge in [0.2, 0.25) is 5.91 Å². The minimum Gasteiger partial charge on any atom is -0.354 e. The monoisotopic (exact) mass is 415 g/mol. The van der Waals surface area contributed by atoms with Gasteiger partial charge in [-0.15, -0.1) is 21.5 Å². The lowest BCUT2D eigenvalue weighted by molar-refractivity contribution is -0.121. The first kappa shape index (κ1) is 18.6. The number of aromatic nitrogens is 4. The number of aryl methyl sites for hydroxylation is 2. The molecule has 0 aliphatic carbocycles. The Morgan fingerprint density at radius 3 is 2.97 bits per heavy atom. The number of rotatable bonds is 6. The summed E-state index contributed by atoms with van der Waals surface area (Å²) in [5.41, 5.74) is 5.40. The van der Waals surface area contributed by atoms with E-state index >= 15 is 0 Å². The van der Waals surface area contributed by atoms with Gasteiger partial charge in [-0.25, -0.2) is 0 Å². The number of nitrogens with one attached hydrogen (secondary N) is 2. The van der Waals surface area contributed by atoms with Crippen LogP contribution in [0.1, 0.15) is 23.4 Å². The van der Waals surface area contributed by atoms with Crippen molar-refractivity contribution in [1.82, 2.24) is 24.9 Å². The van der Waals surface area contributed by atoms with E-state index in [0.717, 1.165) is 22.7 Å². The number of aromatic amines is 1. The van der Waals surface area contributed by atoms with Crippen molar-refractivity contribution in [3.63, 3.8) is 0 Å². The maximum absolute atomic E-state index is 12.6. The third kappa shape index (κ3) is 3.48. The number of H-pyrrole nitrogens is 1. The average molecular weight is 416 g/mol. The van der Waals surface area contributed by atoms with E-state index in [9.17, 15) is 4.79 Å². The largest absolute Gasteiger partial charge is 0.354 e. The van der Waals surface area contributed by atoms with E-state index in [1.54, 1.807) is 11.3 Å². The standard InChI is InChI=1S/C23H21N5OS/c1-15-7-9-18-17(13-15)16(23(25-18)19-5-4-12-30-19)8-10-22(29)24-14-21-27-26-20-6-2-3-11-28(20)21/h2-7,9,11-13,25H,8,10,14H2,1H3,(H,24,29). The highest BCUT2D eigenvalue weighted by Gasteiger charge is 2.16.